The lowest BCUT2D eigenvalue weighted by Crippen LogP contribution is -2.56. The summed E-state index contributed by atoms with van der Waals surface area (Å²) in [6, 6.07) is 31.7. The Balaban J connectivity index is 1.81. The van der Waals surface area contributed by atoms with Gasteiger partial charge in [-0.25, -0.2) is 8.42 Å². The first-order valence-corrected chi connectivity index (χ1v) is 16.7. The monoisotopic (exact) mass is 625 g/mol. The van der Waals surface area contributed by atoms with Crippen LogP contribution in [0.5, 0.6) is 0 Å². The third-order valence-corrected chi connectivity index (χ3v) is 9.27. The zero-order valence-electron chi connectivity index (χ0n) is 26.7. The minimum atomic E-state index is -4.13. The Bertz CT molecular complexity index is 1670. The molecular weight excluding hydrogens is 582 g/mol. The summed E-state index contributed by atoms with van der Waals surface area (Å²) in [7, 11) is -4.13. The van der Waals surface area contributed by atoms with Gasteiger partial charge in [0, 0.05) is 18.5 Å². The molecule has 4 aromatic carbocycles. The highest BCUT2D eigenvalue weighted by atomic mass is 32.2. The van der Waals surface area contributed by atoms with E-state index in [2.05, 4.69) is 5.32 Å². The molecule has 236 valence electrons. The van der Waals surface area contributed by atoms with E-state index >= 15 is 0 Å². The van der Waals surface area contributed by atoms with E-state index in [0.717, 1.165) is 33.0 Å². The average Bonchev–Trinajstić information content (AvgIpc) is 3.02. The van der Waals surface area contributed by atoms with Gasteiger partial charge in [-0.15, -0.1) is 0 Å². The second-order valence-corrected chi connectivity index (χ2v) is 14.2. The molecule has 8 heteroatoms. The predicted molar refractivity (Wildman–Crippen MR) is 180 cm³/mol. The van der Waals surface area contributed by atoms with Gasteiger partial charge < -0.3 is 10.2 Å². The third-order valence-electron chi connectivity index (χ3n) is 7.49. The molecule has 0 saturated heterocycles. The van der Waals surface area contributed by atoms with Crippen LogP contribution in [0.15, 0.2) is 114 Å². The number of carbonyl (C=O) groups excluding carboxylic acids is 2. The standard InChI is InChI=1S/C37H43N3O4S/c1-6-29-21-23-32(24-22-29)40(45(43,44)33-15-11-8-12-16-33)27-35(41)39(26-31-19-17-28(2)18-20-31)34(36(42)38-37(3,4)5)25-30-13-9-7-10-14-30/h7-24,34H,6,25-27H2,1-5H3,(H,38,42). The molecule has 0 aliphatic carbocycles. The molecule has 0 aromatic heterocycles. The van der Waals surface area contributed by atoms with Gasteiger partial charge in [-0.1, -0.05) is 97.4 Å². The minimum Gasteiger partial charge on any atom is -0.350 e. The highest BCUT2D eigenvalue weighted by Crippen LogP contribution is 2.26. The Labute approximate surface area is 268 Å². The zero-order chi connectivity index (χ0) is 32.6. The molecule has 1 N–H and O–H groups in total. The maximum absolute atomic E-state index is 14.5. The number of hydrogen-bond donors (Lipinski definition) is 1. The molecule has 4 rings (SSSR count). The topological polar surface area (TPSA) is 86.8 Å². The van der Waals surface area contributed by atoms with Crippen molar-refractivity contribution in [3.05, 3.63) is 131 Å². The van der Waals surface area contributed by atoms with Crippen molar-refractivity contribution in [1.82, 2.24) is 10.2 Å². The number of sulfonamides is 1. The Hall–Kier alpha value is -4.43. The molecule has 0 saturated carbocycles. The fourth-order valence-electron chi connectivity index (χ4n) is 5.04. The predicted octanol–water partition coefficient (Wildman–Crippen LogP) is 6.31. The lowest BCUT2D eigenvalue weighted by molar-refractivity contribution is -0.140. The van der Waals surface area contributed by atoms with Crippen LogP contribution in [0.25, 0.3) is 0 Å². The number of aryl methyl sites for hydroxylation is 2. The van der Waals surface area contributed by atoms with Gasteiger partial charge in [-0.2, -0.15) is 0 Å². The smallest absolute Gasteiger partial charge is 0.264 e. The van der Waals surface area contributed by atoms with Crippen LogP contribution >= 0.6 is 0 Å². The van der Waals surface area contributed by atoms with E-state index in [4.69, 9.17) is 0 Å². The maximum Gasteiger partial charge on any atom is 0.264 e. The van der Waals surface area contributed by atoms with Crippen LogP contribution < -0.4 is 9.62 Å². The number of hydrogen-bond acceptors (Lipinski definition) is 4. The van der Waals surface area contributed by atoms with Gasteiger partial charge in [0.25, 0.3) is 10.0 Å². The third kappa shape index (κ3) is 9.05. The van der Waals surface area contributed by atoms with Gasteiger partial charge in [0.1, 0.15) is 12.6 Å². The van der Waals surface area contributed by atoms with Crippen LogP contribution in [0.4, 0.5) is 5.69 Å². The quantitative estimate of drug-likeness (QED) is 0.200. The van der Waals surface area contributed by atoms with Crippen molar-refractivity contribution in [2.24, 2.45) is 0 Å². The molecule has 0 bridgehead atoms. The highest BCUT2D eigenvalue weighted by Gasteiger charge is 2.35. The first kappa shape index (κ1) is 33.5. The van der Waals surface area contributed by atoms with Crippen LogP contribution in [0.1, 0.15) is 49.9 Å². The van der Waals surface area contributed by atoms with E-state index in [1.807, 2.05) is 101 Å². The number of benzene rings is 4. The summed E-state index contributed by atoms with van der Waals surface area (Å²) >= 11 is 0. The normalized spacial score (nSPS) is 12.3. The van der Waals surface area contributed by atoms with E-state index < -0.39 is 34.1 Å². The molecule has 2 amide bonds. The number of carbonyl (C=O) groups is 2. The van der Waals surface area contributed by atoms with Gasteiger partial charge in [0.15, 0.2) is 0 Å². The number of amides is 2. The zero-order valence-corrected chi connectivity index (χ0v) is 27.6. The Morgan fingerprint density at radius 1 is 0.756 bits per heavy atom. The summed E-state index contributed by atoms with van der Waals surface area (Å²) < 4.78 is 29.3. The van der Waals surface area contributed by atoms with Crippen molar-refractivity contribution in [2.45, 2.75) is 70.5 Å². The Kier molecular flexibility index (Phi) is 10.8. The van der Waals surface area contributed by atoms with Gasteiger partial charge in [0.2, 0.25) is 11.8 Å². The number of nitrogens with one attached hydrogen (secondary N) is 1. The van der Waals surface area contributed by atoms with E-state index in [1.165, 1.54) is 17.0 Å². The first-order valence-electron chi connectivity index (χ1n) is 15.2. The number of nitrogens with zero attached hydrogens (tertiary/aromatic N) is 2. The lowest BCUT2D eigenvalue weighted by Gasteiger charge is -2.35. The SMILES string of the molecule is CCc1ccc(N(CC(=O)N(Cc2ccc(C)cc2)C(Cc2ccccc2)C(=O)NC(C)(C)C)S(=O)(=O)c2ccccc2)cc1. The number of rotatable bonds is 12. The second-order valence-electron chi connectivity index (χ2n) is 12.3. The van der Waals surface area contributed by atoms with Crippen molar-refractivity contribution in [1.29, 1.82) is 0 Å². The van der Waals surface area contributed by atoms with Crippen LogP contribution in [0, 0.1) is 6.92 Å². The molecule has 4 aromatic rings. The highest BCUT2D eigenvalue weighted by molar-refractivity contribution is 7.92. The summed E-state index contributed by atoms with van der Waals surface area (Å²) in [5, 5.41) is 3.06. The van der Waals surface area contributed by atoms with Crippen molar-refractivity contribution in [3.8, 4) is 0 Å². The van der Waals surface area contributed by atoms with Crippen molar-refractivity contribution < 1.29 is 18.0 Å². The average molecular weight is 626 g/mol. The Morgan fingerprint density at radius 2 is 1.31 bits per heavy atom. The number of anilines is 1. The summed E-state index contributed by atoms with van der Waals surface area (Å²) in [6.45, 7) is 9.33. The second kappa shape index (κ2) is 14.6. The molecule has 45 heavy (non-hydrogen) atoms. The molecular formula is C37H43N3O4S. The van der Waals surface area contributed by atoms with Gasteiger partial charge in [-0.05, 0) is 75.1 Å². The summed E-state index contributed by atoms with van der Waals surface area (Å²) in [5.41, 5.74) is 3.66. The fraction of sp³-hybridized carbons (Fsp3) is 0.297. The lowest BCUT2D eigenvalue weighted by atomic mass is 10.0. The van der Waals surface area contributed by atoms with E-state index in [1.54, 1.807) is 30.3 Å². The van der Waals surface area contributed by atoms with Crippen LogP contribution in [0.2, 0.25) is 0 Å². The molecule has 0 aliphatic heterocycles. The van der Waals surface area contributed by atoms with E-state index in [0.29, 0.717) is 5.69 Å². The van der Waals surface area contributed by atoms with Gasteiger partial charge in [-0.3, -0.25) is 13.9 Å². The van der Waals surface area contributed by atoms with Gasteiger partial charge >= 0.3 is 0 Å². The summed E-state index contributed by atoms with van der Waals surface area (Å²) in [4.78, 5) is 30.1. The fourth-order valence-corrected chi connectivity index (χ4v) is 6.48. The molecule has 1 unspecified atom stereocenters. The maximum atomic E-state index is 14.5. The van der Waals surface area contributed by atoms with E-state index in [-0.39, 0.29) is 23.8 Å². The Morgan fingerprint density at radius 3 is 1.87 bits per heavy atom. The molecule has 7 nitrogen and oxygen atoms in total. The first-order chi connectivity index (χ1) is 21.4. The van der Waals surface area contributed by atoms with Crippen LogP contribution in [-0.2, 0) is 39.0 Å². The molecule has 0 radical (unpaired) electrons. The molecule has 0 spiro atoms. The van der Waals surface area contributed by atoms with Crippen LogP contribution in [-0.4, -0.2) is 43.3 Å². The summed E-state index contributed by atoms with van der Waals surface area (Å²) in [5.74, 6) is -0.795. The minimum absolute atomic E-state index is 0.0776. The van der Waals surface area contributed by atoms with Crippen molar-refractivity contribution in [3.63, 3.8) is 0 Å². The van der Waals surface area contributed by atoms with Gasteiger partial charge in [0.05, 0.1) is 10.6 Å². The van der Waals surface area contributed by atoms with Crippen molar-refractivity contribution >= 4 is 27.5 Å². The molecule has 0 fully saturated rings. The van der Waals surface area contributed by atoms with E-state index in [9.17, 15) is 18.0 Å². The molecule has 1 atom stereocenters. The van der Waals surface area contributed by atoms with Crippen LogP contribution in [0.3, 0.4) is 0 Å². The summed E-state index contributed by atoms with van der Waals surface area (Å²) in [6.07, 6.45) is 1.05. The van der Waals surface area contributed by atoms with Crippen molar-refractivity contribution in [2.75, 3.05) is 10.8 Å². The molecule has 0 aliphatic rings. The largest absolute Gasteiger partial charge is 0.350 e. The molecule has 0 heterocycles.